The standard InChI is InChI=1S/C15H11ClF3OP.C6H5.Ni/c16-14(13(20)15(17,18)19)21(11-7-3-1-4-8-11)12-9-5-2-6-10-12;1-2-4-6-5-3-1;/h1-10,20H;1-5H;/q;-1;/p+1/b14-13-;;. The van der Waals surface area contributed by atoms with Crippen molar-refractivity contribution in [3.8, 4) is 0 Å². The van der Waals surface area contributed by atoms with E-state index in [2.05, 4.69) is 6.07 Å². The molecule has 0 bridgehead atoms. The Morgan fingerprint density at radius 2 is 1.18 bits per heavy atom. The molecule has 0 aliphatic carbocycles. The first kappa shape index (κ1) is 24.2. The average molecular weight is 467 g/mol. The van der Waals surface area contributed by atoms with E-state index in [-0.39, 0.29) is 16.5 Å². The van der Waals surface area contributed by atoms with Gasteiger partial charge in [-0.1, -0.05) is 36.4 Å². The Morgan fingerprint density at radius 3 is 1.46 bits per heavy atom. The quantitative estimate of drug-likeness (QED) is 0.221. The van der Waals surface area contributed by atoms with Gasteiger partial charge in [-0.2, -0.15) is 49.6 Å². The van der Waals surface area contributed by atoms with E-state index < -0.39 is 24.6 Å². The second-order valence-electron chi connectivity index (χ2n) is 5.34. The van der Waals surface area contributed by atoms with Crippen LogP contribution in [0.3, 0.4) is 0 Å². The van der Waals surface area contributed by atoms with E-state index in [0.29, 0.717) is 10.6 Å². The molecule has 1 N–H and O–H groups in total. The smallest absolute Gasteiger partial charge is 0.453 e. The molecular formula is C21H17ClF3NiOP. The largest absolute Gasteiger partial charge is 0.501 e. The SMILES string of the molecule is O/C(=C(/Cl)[PH+](c1ccccc1)c1ccccc1)C(F)(F)F.[Ni].[c-]1ccccc1. The van der Waals surface area contributed by atoms with Gasteiger partial charge in [0, 0.05) is 16.5 Å². The Bertz CT molecular complexity index is 778. The molecule has 0 aliphatic heterocycles. The topological polar surface area (TPSA) is 20.2 Å². The molecule has 150 valence electrons. The number of allylic oxidation sites excluding steroid dienone is 1. The molecule has 1 nitrogen and oxygen atoms in total. The zero-order chi connectivity index (χ0) is 19.7. The van der Waals surface area contributed by atoms with Gasteiger partial charge in [-0.15, -0.1) is 0 Å². The van der Waals surface area contributed by atoms with Gasteiger partial charge in [0.1, 0.15) is 18.5 Å². The number of aliphatic hydroxyl groups is 1. The number of aliphatic hydroxyl groups excluding tert-OH is 1. The van der Waals surface area contributed by atoms with E-state index in [1.807, 2.05) is 30.3 Å². The van der Waals surface area contributed by atoms with Gasteiger partial charge >= 0.3 is 6.18 Å². The van der Waals surface area contributed by atoms with Crippen molar-refractivity contribution >= 4 is 30.1 Å². The molecule has 0 saturated heterocycles. The molecular weight excluding hydrogens is 450 g/mol. The zero-order valence-electron chi connectivity index (χ0n) is 14.4. The molecule has 0 saturated carbocycles. The van der Waals surface area contributed by atoms with Crippen molar-refractivity contribution < 1.29 is 34.8 Å². The second-order valence-corrected chi connectivity index (χ2v) is 8.44. The maximum absolute atomic E-state index is 12.7. The van der Waals surface area contributed by atoms with Crippen LogP contribution in [0.25, 0.3) is 0 Å². The van der Waals surface area contributed by atoms with Crippen molar-refractivity contribution in [2.24, 2.45) is 0 Å². The molecule has 28 heavy (non-hydrogen) atoms. The van der Waals surface area contributed by atoms with Gasteiger partial charge < -0.3 is 5.11 Å². The van der Waals surface area contributed by atoms with Gasteiger partial charge in [-0.25, -0.2) is 0 Å². The molecule has 0 spiro atoms. The zero-order valence-corrected chi connectivity index (χ0v) is 17.2. The average Bonchev–Trinajstić information content (AvgIpc) is 2.70. The van der Waals surface area contributed by atoms with Crippen LogP contribution in [0.5, 0.6) is 0 Å². The summed E-state index contributed by atoms with van der Waals surface area (Å²) in [4.78, 5) is 0. The van der Waals surface area contributed by atoms with Crippen molar-refractivity contribution in [1.82, 2.24) is 0 Å². The summed E-state index contributed by atoms with van der Waals surface area (Å²) < 4.78 is 37.6. The van der Waals surface area contributed by atoms with Crippen LogP contribution in [-0.2, 0) is 16.5 Å². The minimum absolute atomic E-state index is 0. The van der Waals surface area contributed by atoms with Crippen LogP contribution in [0.1, 0.15) is 0 Å². The fraction of sp³-hybridized carbons (Fsp3) is 0.0476. The van der Waals surface area contributed by atoms with Crippen LogP contribution in [0.15, 0.2) is 102 Å². The van der Waals surface area contributed by atoms with Crippen molar-refractivity contribution in [2.45, 2.75) is 6.18 Å². The van der Waals surface area contributed by atoms with Crippen LogP contribution in [0, 0.1) is 6.07 Å². The van der Waals surface area contributed by atoms with E-state index in [0.717, 1.165) is 0 Å². The predicted molar refractivity (Wildman–Crippen MR) is 107 cm³/mol. The van der Waals surface area contributed by atoms with E-state index >= 15 is 0 Å². The molecule has 0 unspecified atom stereocenters. The molecule has 0 heterocycles. The summed E-state index contributed by atoms with van der Waals surface area (Å²) >= 11 is 5.91. The summed E-state index contributed by atoms with van der Waals surface area (Å²) in [6.07, 6.45) is -4.85. The van der Waals surface area contributed by atoms with Crippen molar-refractivity contribution in [3.63, 3.8) is 0 Å². The van der Waals surface area contributed by atoms with E-state index in [1.54, 1.807) is 60.7 Å². The minimum atomic E-state index is -4.85. The van der Waals surface area contributed by atoms with Gasteiger partial charge in [0.25, 0.3) is 5.76 Å². The van der Waals surface area contributed by atoms with Crippen LogP contribution in [-0.4, -0.2) is 11.3 Å². The second kappa shape index (κ2) is 11.9. The molecule has 0 fully saturated rings. The van der Waals surface area contributed by atoms with E-state index in [4.69, 9.17) is 11.6 Å². The van der Waals surface area contributed by atoms with Crippen LogP contribution >= 0.6 is 19.5 Å². The fourth-order valence-corrected chi connectivity index (χ4v) is 5.25. The molecule has 3 rings (SSSR count). The Hall–Kier alpha value is -1.80. The molecule has 0 amide bonds. The molecule has 0 aliphatic rings. The summed E-state index contributed by atoms with van der Waals surface area (Å²) in [7, 11) is -2.08. The first-order valence-electron chi connectivity index (χ1n) is 7.96. The Morgan fingerprint density at radius 1 is 0.786 bits per heavy atom. The summed E-state index contributed by atoms with van der Waals surface area (Å²) in [5.41, 5.74) is 0. The number of hydrogen-bond donors (Lipinski definition) is 1. The fourth-order valence-electron chi connectivity index (χ4n) is 2.21. The van der Waals surface area contributed by atoms with Gasteiger partial charge in [-0.05, 0) is 35.9 Å². The van der Waals surface area contributed by atoms with E-state index in [1.165, 1.54) is 0 Å². The molecule has 3 aromatic carbocycles. The Kier molecular flexibility index (Phi) is 10.3. The monoisotopic (exact) mass is 466 g/mol. The summed E-state index contributed by atoms with van der Waals surface area (Å²) in [5, 5.41) is 10.7. The van der Waals surface area contributed by atoms with Crippen LogP contribution in [0.4, 0.5) is 13.2 Å². The van der Waals surface area contributed by atoms with Gasteiger partial charge in [0.2, 0.25) is 4.77 Å². The number of halogens is 4. The number of rotatable bonds is 3. The predicted octanol–water partition coefficient (Wildman–Crippen LogP) is 5.86. The summed E-state index contributed by atoms with van der Waals surface area (Å²) in [6, 6.07) is 29.8. The van der Waals surface area contributed by atoms with Crippen molar-refractivity contribution in [1.29, 1.82) is 0 Å². The molecule has 7 heteroatoms. The van der Waals surface area contributed by atoms with Gasteiger partial charge in [0.05, 0.1) is 0 Å². The van der Waals surface area contributed by atoms with Crippen molar-refractivity contribution in [2.75, 3.05) is 0 Å². The Labute approximate surface area is 178 Å². The maximum atomic E-state index is 12.7. The summed E-state index contributed by atoms with van der Waals surface area (Å²) in [6.45, 7) is 0. The van der Waals surface area contributed by atoms with Gasteiger partial charge in [0.15, 0.2) is 0 Å². The number of alkyl halides is 3. The number of hydrogen-bond acceptors (Lipinski definition) is 1. The first-order valence-corrected chi connectivity index (χ1v) is 9.84. The van der Waals surface area contributed by atoms with E-state index in [9.17, 15) is 18.3 Å². The van der Waals surface area contributed by atoms with Crippen LogP contribution in [0.2, 0.25) is 0 Å². The van der Waals surface area contributed by atoms with Crippen LogP contribution < -0.4 is 10.6 Å². The normalized spacial score (nSPS) is 11.6. The number of benzene rings is 3. The Balaban J connectivity index is 0.000000478. The molecule has 3 aromatic rings. The van der Waals surface area contributed by atoms with Gasteiger partial charge in [-0.3, -0.25) is 0 Å². The third kappa shape index (κ3) is 7.32. The molecule has 0 radical (unpaired) electrons. The first-order chi connectivity index (χ1) is 12.9. The minimum Gasteiger partial charge on any atom is -0.501 e. The van der Waals surface area contributed by atoms with Crippen molar-refractivity contribution in [3.05, 3.63) is 108 Å². The molecule has 0 atom stereocenters. The molecule has 0 aromatic heterocycles. The summed E-state index contributed by atoms with van der Waals surface area (Å²) in [5.74, 6) is -1.72. The third-order valence-corrected chi connectivity index (χ3v) is 6.67. The third-order valence-electron chi connectivity index (χ3n) is 3.43. The maximum Gasteiger partial charge on any atom is 0.453 e.